The number of halogens is 1. The Morgan fingerprint density at radius 2 is 2.17 bits per heavy atom. The molecule has 1 aromatic rings. The van der Waals surface area contributed by atoms with Gasteiger partial charge in [-0.05, 0) is 25.8 Å². The quantitative estimate of drug-likeness (QED) is 0.737. The number of hydrogen-bond donors (Lipinski definition) is 0. The second kappa shape index (κ2) is 7.46. The van der Waals surface area contributed by atoms with Crippen molar-refractivity contribution < 1.29 is 0 Å². The van der Waals surface area contributed by atoms with Gasteiger partial charge >= 0.3 is 0 Å². The molecule has 102 valence electrons. The molecule has 1 aromatic heterocycles. The van der Waals surface area contributed by atoms with Crippen LogP contribution in [0.3, 0.4) is 0 Å². The summed E-state index contributed by atoms with van der Waals surface area (Å²) in [6, 6.07) is 0. The van der Waals surface area contributed by atoms with Crippen LogP contribution in [-0.2, 0) is 12.3 Å². The summed E-state index contributed by atoms with van der Waals surface area (Å²) in [7, 11) is 2.24. The minimum atomic E-state index is 0.536. The van der Waals surface area contributed by atoms with Gasteiger partial charge in [0.15, 0.2) is 0 Å². The van der Waals surface area contributed by atoms with E-state index >= 15 is 0 Å². The van der Waals surface area contributed by atoms with Crippen molar-refractivity contribution in [2.45, 2.75) is 44.4 Å². The number of alkyl halides is 1. The van der Waals surface area contributed by atoms with E-state index in [4.69, 9.17) is 11.6 Å². The maximum atomic E-state index is 5.77. The van der Waals surface area contributed by atoms with E-state index in [2.05, 4.69) is 22.3 Å². The van der Waals surface area contributed by atoms with Crippen LogP contribution in [0.1, 0.15) is 42.8 Å². The third-order valence-corrected chi connectivity index (χ3v) is 4.97. The molecule has 18 heavy (non-hydrogen) atoms. The Morgan fingerprint density at radius 1 is 1.39 bits per heavy atom. The lowest BCUT2D eigenvalue weighted by Gasteiger charge is -2.26. The molecule has 0 bridgehead atoms. The van der Waals surface area contributed by atoms with E-state index in [1.807, 2.05) is 0 Å². The molecule has 0 aliphatic heterocycles. The molecule has 1 heterocycles. The highest BCUT2D eigenvalue weighted by Gasteiger charge is 2.15. The van der Waals surface area contributed by atoms with Crippen molar-refractivity contribution in [3.63, 3.8) is 0 Å². The molecular formula is C14H23ClN2S. The van der Waals surface area contributed by atoms with Gasteiger partial charge in [0, 0.05) is 24.9 Å². The van der Waals surface area contributed by atoms with Gasteiger partial charge in [-0.1, -0.05) is 19.3 Å². The fourth-order valence-corrected chi connectivity index (χ4v) is 3.73. The maximum Gasteiger partial charge on any atom is 0.0941 e. The first-order valence-corrected chi connectivity index (χ1v) is 8.37. The predicted octanol–water partition coefficient (Wildman–Crippen LogP) is 3.94. The third-order valence-electron chi connectivity index (χ3n) is 3.74. The summed E-state index contributed by atoms with van der Waals surface area (Å²) in [4.78, 5) is 6.98. The van der Waals surface area contributed by atoms with Crippen LogP contribution >= 0.6 is 22.9 Å². The standard InChI is InChI=1S/C14H23ClN2S/c1-17(10-12-5-3-2-4-6-12)8-7-14-16-13(9-15)11-18-14/h11-12H,2-10H2,1H3. The molecule has 0 amide bonds. The molecule has 2 nitrogen and oxygen atoms in total. The van der Waals surface area contributed by atoms with Crippen molar-refractivity contribution in [3.05, 3.63) is 16.1 Å². The van der Waals surface area contributed by atoms with Gasteiger partial charge in [-0.3, -0.25) is 0 Å². The van der Waals surface area contributed by atoms with Crippen molar-refractivity contribution in [2.75, 3.05) is 20.1 Å². The zero-order valence-electron chi connectivity index (χ0n) is 11.2. The Labute approximate surface area is 119 Å². The molecule has 2 rings (SSSR count). The maximum absolute atomic E-state index is 5.77. The van der Waals surface area contributed by atoms with E-state index in [0.29, 0.717) is 5.88 Å². The summed E-state index contributed by atoms with van der Waals surface area (Å²) in [5, 5.41) is 3.30. The molecule has 1 aliphatic rings. The summed E-state index contributed by atoms with van der Waals surface area (Å²) >= 11 is 7.51. The van der Waals surface area contributed by atoms with Crippen LogP contribution in [0, 0.1) is 5.92 Å². The first kappa shape index (κ1) is 14.3. The number of thiazole rings is 1. The van der Waals surface area contributed by atoms with Crippen molar-refractivity contribution >= 4 is 22.9 Å². The average Bonchev–Trinajstić information content (AvgIpc) is 2.85. The second-order valence-electron chi connectivity index (χ2n) is 5.38. The van der Waals surface area contributed by atoms with Crippen molar-refractivity contribution in [1.82, 2.24) is 9.88 Å². The summed E-state index contributed by atoms with van der Waals surface area (Å²) < 4.78 is 0. The van der Waals surface area contributed by atoms with Gasteiger partial charge in [-0.2, -0.15) is 0 Å². The lowest BCUT2D eigenvalue weighted by molar-refractivity contribution is 0.235. The summed E-state index contributed by atoms with van der Waals surface area (Å²) in [5.74, 6) is 1.47. The van der Waals surface area contributed by atoms with Gasteiger partial charge in [0.1, 0.15) is 0 Å². The number of hydrogen-bond acceptors (Lipinski definition) is 3. The molecule has 0 unspecified atom stereocenters. The molecule has 0 aromatic carbocycles. The Morgan fingerprint density at radius 3 is 2.83 bits per heavy atom. The Hall–Kier alpha value is -0.120. The Balaban J connectivity index is 1.68. The first-order valence-electron chi connectivity index (χ1n) is 6.95. The average molecular weight is 287 g/mol. The molecular weight excluding hydrogens is 264 g/mol. The number of rotatable bonds is 6. The van der Waals surface area contributed by atoms with Crippen molar-refractivity contribution in [3.8, 4) is 0 Å². The lowest BCUT2D eigenvalue weighted by atomic mass is 9.89. The Bertz CT molecular complexity index is 347. The Kier molecular flexibility index (Phi) is 5.93. The minimum absolute atomic E-state index is 0.536. The molecule has 0 radical (unpaired) electrons. The number of aromatic nitrogens is 1. The van der Waals surface area contributed by atoms with E-state index in [-0.39, 0.29) is 0 Å². The van der Waals surface area contributed by atoms with Crippen molar-refractivity contribution in [2.24, 2.45) is 5.92 Å². The highest BCUT2D eigenvalue weighted by molar-refractivity contribution is 7.09. The first-order chi connectivity index (χ1) is 8.78. The van der Waals surface area contributed by atoms with E-state index in [0.717, 1.165) is 24.6 Å². The highest BCUT2D eigenvalue weighted by atomic mass is 35.5. The lowest BCUT2D eigenvalue weighted by Crippen LogP contribution is -2.28. The summed E-state index contributed by atoms with van der Waals surface area (Å²) in [6.07, 6.45) is 8.23. The van der Waals surface area contributed by atoms with Crippen LogP contribution < -0.4 is 0 Å². The van der Waals surface area contributed by atoms with Gasteiger partial charge in [-0.15, -0.1) is 22.9 Å². The zero-order chi connectivity index (χ0) is 12.8. The normalized spacial score (nSPS) is 17.5. The SMILES string of the molecule is CN(CCc1nc(CCl)cs1)CC1CCCCC1. The van der Waals surface area contributed by atoms with Crippen LogP contribution in [0.5, 0.6) is 0 Å². The fourth-order valence-electron chi connectivity index (χ4n) is 2.71. The number of nitrogens with zero attached hydrogens (tertiary/aromatic N) is 2. The highest BCUT2D eigenvalue weighted by Crippen LogP contribution is 2.24. The van der Waals surface area contributed by atoms with Gasteiger partial charge in [0.25, 0.3) is 0 Å². The minimum Gasteiger partial charge on any atom is -0.306 e. The topological polar surface area (TPSA) is 16.1 Å². The van der Waals surface area contributed by atoms with E-state index in [1.165, 1.54) is 43.7 Å². The molecule has 0 N–H and O–H groups in total. The van der Waals surface area contributed by atoms with E-state index in [9.17, 15) is 0 Å². The second-order valence-corrected chi connectivity index (χ2v) is 6.59. The molecule has 1 fully saturated rings. The van der Waals surface area contributed by atoms with Gasteiger partial charge < -0.3 is 4.90 Å². The molecule has 0 atom stereocenters. The largest absolute Gasteiger partial charge is 0.306 e. The molecule has 0 spiro atoms. The molecule has 4 heteroatoms. The smallest absolute Gasteiger partial charge is 0.0941 e. The van der Waals surface area contributed by atoms with Crippen LogP contribution in [0.25, 0.3) is 0 Å². The third kappa shape index (κ3) is 4.52. The fraction of sp³-hybridized carbons (Fsp3) is 0.786. The summed E-state index contributed by atoms with van der Waals surface area (Å²) in [5.41, 5.74) is 1.02. The molecule has 1 saturated carbocycles. The monoisotopic (exact) mass is 286 g/mol. The molecule has 1 aliphatic carbocycles. The van der Waals surface area contributed by atoms with Gasteiger partial charge in [0.05, 0.1) is 16.6 Å². The van der Waals surface area contributed by atoms with Crippen LogP contribution in [0.15, 0.2) is 5.38 Å². The number of likely N-dealkylation sites (N-methyl/N-ethyl adjacent to an activating group) is 1. The zero-order valence-corrected chi connectivity index (χ0v) is 12.8. The predicted molar refractivity (Wildman–Crippen MR) is 79.4 cm³/mol. The van der Waals surface area contributed by atoms with Crippen molar-refractivity contribution in [1.29, 1.82) is 0 Å². The summed E-state index contributed by atoms with van der Waals surface area (Å²) in [6.45, 7) is 2.37. The van der Waals surface area contributed by atoms with Crippen LogP contribution in [0.2, 0.25) is 0 Å². The van der Waals surface area contributed by atoms with E-state index in [1.54, 1.807) is 11.3 Å². The van der Waals surface area contributed by atoms with Gasteiger partial charge in [0.2, 0.25) is 0 Å². The van der Waals surface area contributed by atoms with E-state index < -0.39 is 0 Å². The molecule has 0 saturated heterocycles. The van der Waals surface area contributed by atoms with Crippen LogP contribution in [0.4, 0.5) is 0 Å². The van der Waals surface area contributed by atoms with Crippen LogP contribution in [-0.4, -0.2) is 30.0 Å². The van der Waals surface area contributed by atoms with Gasteiger partial charge in [-0.25, -0.2) is 4.98 Å².